The molecule has 1 fully saturated rings. The normalized spacial score (nSPS) is 17.8. The number of aromatic amines is 1. The van der Waals surface area contributed by atoms with Gasteiger partial charge >= 0.3 is 5.63 Å². The second-order valence-corrected chi connectivity index (χ2v) is 3.90. The summed E-state index contributed by atoms with van der Waals surface area (Å²) in [7, 11) is 0. The lowest BCUT2D eigenvalue weighted by molar-refractivity contribution is 0.379. The smallest absolute Gasteiger partial charge is 0.339 e. The molecule has 1 aromatic rings. The molecule has 0 unspecified atom stereocenters. The molecule has 1 aliphatic carbocycles. The highest BCUT2D eigenvalue weighted by atomic mass is 16.5. The average Bonchev–Trinajstić information content (AvgIpc) is 2.77. The van der Waals surface area contributed by atoms with Crippen LogP contribution in [0.3, 0.4) is 0 Å². The van der Waals surface area contributed by atoms with Gasteiger partial charge in [-0.2, -0.15) is 0 Å². The van der Waals surface area contributed by atoms with Crippen LogP contribution in [-0.2, 0) is 6.42 Å². The molecule has 3 N–H and O–H groups in total. The second-order valence-electron chi connectivity index (χ2n) is 3.90. The van der Waals surface area contributed by atoms with Gasteiger partial charge in [0.25, 0.3) is 0 Å². The highest BCUT2D eigenvalue weighted by Gasteiger charge is 2.23. The number of nitrogens with one attached hydrogen (secondary N) is 1. The van der Waals surface area contributed by atoms with Crippen LogP contribution in [-0.4, -0.2) is 11.7 Å². The molecule has 78 valence electrons. The number of hydrogen-bond donors (Lipinski definition) is 2. The van der Waals surface area contributed by atoms with Crippen molar-refractivity contribution in [1.29, 1.82) is 0 Å². The summed E-state index contributed by atoms with van der Waals surface area (Å²) in [6.45, 7) is 0.502. The van der Waals surface area contributed by atoms with Gasteiger partial charge in [-0.25, -0.2) is 9.95 Å². The van der Waals surface area contributed by atoms with Crippen LogP contribution in [0.2, 0.25) is 0 Å². The fourth-order valence-corrected chi connectivity index (χ4v) is 2.26. The first-order chi connectivity index (χ1) is 6.83. The molecule has 0 aliphatic heterocycles. The first kappa shape index (κ1) is 9.52. The van der Waals surface area contributed by atoms with Crippen molar-refractivity contribution in [1.82, 2.24) is 5.16 Å². The van der Waals surface area contributed by atoms with Crippen LogP contribution in [0.5, 0.6) is 0 Å². The van der Waals surface area contributed by atoms with E-state index in [-0.39, 0.29) is 5.63 Å². The zero-order valence-electron chi connectivity index (χ0n) is 8.21. The molecule has 4 nitrogen and oxygen atoms in total. The molecule has 0 bridgehead atoms. The lowest BCUT2D eigenvalue weighted by Crippen LogP contribution is -2.12. The molecule has 1 aliphatic rings. The van der Waals surface area contributed by atoms with Crippen molar-refractivity contribution in [3.63, 3.8) is 0 Å². The van der Waals surface area contributed by atoms with Crippen molar-refractivity contribution in [3.05, 3.63) is 21.7 Å². The Kier molecular flexibility index (Phi) is 2.72. The highest BCUT2D eigenvalue weighted by Crippen LogP contribution is 2.33. The van der Waals surface area contributed by atoms with Gasteiger partial charge in [0.05, 0.1) is 11.3 Å². The van der Waals surface area contributed by atoms with Gasteiger partial charge in [-0.3, -0.25) is 0 Å². The summed E-state index contributed by atoms with van der Waals surface area (Å²) in [4.78, 5) is 11.3. The molecule has 4 heteroatoms. The van der Waals surface area contributed by atoms with Crippen molar-refractivity contribution < 1.29 is 4.52 Å². The summed E-state index contributed by atoms with van der Waals surface area (Å²) in [6, 6.07) is 0. The lowest BCUT2D eigenvalue weighted by atomic mass is 9.99. The number of hydrogen-bond acceptors (Lipinski definition) is 3. The topological polar surface area (TPSA) is 72.0 Å². The van der Waals surface area contributed by atoms with Crippen LogP contribution in [0.1, 0.15) is 42.9 Å². The Hall–Kier alpha value is -1.03. The van der Waals surface area contributed by atoms with Gasteiger partial charge in [0.15, 0.2) is 0 Å². The molecule has 1 heterocycles. The molecular formula is C10H16N2O2. The summed E-state index contributed by atoms with van der Waals surface area (Å²) < 4.78 is 4.82. The summed E-state index contributed by atoms with van der Waals surface area (Å²) >= 11 is 0. The number of H-pyrrole nitrogens is 1. The average molecular weight is 196 g/mol. The van der Waals surface area contributed by atoms with Crippen LogP contribution >= 0.6 is 0 Å². The van der Waals surface area contributed by atoms with E-state index in [0.29, 0.717) is 18.9 Å². The van der Waals surface area contributed by atoms with E-state index in [1.165, 1.54) is 12.8 Å². The summed E-state index contributed by atoms with van der Waals surface area (Å²) in [5.74, 6) is 0.489. The third-order valence-corrected chi connectivity index (χ3v) is 2.98. The molecule has 1 aromatic heterocycles. The minimum absolute atomic E-state index is 0.239. The maximum Gasteiger partial charge on any atom is 0.360 e. The molecule has 1 saturated carbocycles. The van der Waals surface area contributed by atoms with Gasteiger partial charge in [-0.15, -0.1) is 0 Å². The molecule has 0 amide bonds. The monoisotopic (exact) mass is 196 g/mol. The van der Waals surface area contributed by atoms with Crippen LogP contribution in [0.15, 0.2) is 9.32 Å². The minimum Gasteiger partial charge on any atom is -0.339 e. The van der Waals surface area contributed by atoms with Crippen molar-refractivity contribution in [2.45, 2.75) is 38.0 Å². The number of rotatable bonds is 3. The van der Waals surface area contributed by atoms with Gasteiger partial charge in [0.2, 0.25) is 0 Å². The van der Waals surface area contributed by atoms with Crippen molar-refractivity contribution in [3.8, 4) is 0 Å². The molecule has 14 heavy (non-hydrogen) atoms. The van der Waals surface area contributed by atoms with Crippen LogP contribution < -0.4 is 11.4 Å². The van der Waals surface area contributed by atoms with E-state index in [9.17, 15) is 4.79 Å². The summed E-state index contributed by atoms with van der Waals surface area (Å²) in [5, 5.41) is 2.76. The Balaban J connectivity index is 2.27. The van der Waals surface area contributed by atoms with Crippen LogP contribution in [0.25, 0.3) is 0 Å². The standard InChI is InChI=1S/C10H16N2O2/c11-6-5-8-9(12-14-10(8)13)7-3-1-2-4-7/h7,12H,1-6,11H2. The summed E-state index contributed by atoms with van der Waals surface area (Å²) in [5.41, 5.74) is 6.98. The maximum atomic E-state index is 11.3. The van der Waals surface area contributed by atoms with E-state index in [4.69, 9.17) is 10.3 Å². The zero-order chi connectivity index (χ0) is 9.97. The largest absolute Gasteiger partial charge is 0.360 e. The predicted octanol–water partition coefficient (Wildman–Crippen LogP) is 1.13. The SMILES string of the molecule is NCCc1c(C2CCCC2)[nH]oc1=O. The van der Waals surface area contributed by atoms with E-state index in [1.807, 2.05) is 0 Å². The molecular weight excluding hydrogens is 180 g/mol. The molecule has 0 aromatic carbocycles. The Bertz CT molecular complexity index is 347. The number of aromatic nitrogens is 1. The van der Waals surface area contributed by atoms with Gasteiger partial charge in [0, 0.05) is 5.92 Å². The Morgan fingerprint density at radius 2 is 2.14 bits per heavy atom. The van der Waals surface area contributed by atoms with Crippen molar-refractivity contribution in [2.75, 3.05) is 6.54 Å². The van der Waals surface area contributed by atoms with E-state index in [1.54, 1.807) is 0 Å². The summed E-state index contributed by atoms with van der Waals surface area (Å²) in [6.07, 6.45) is 5.44. The first-order valence-corrected chi connectivity index (χ1v) is 5.23. The minimum atomic E-state index is -0.239. The van der Waals surface area contributed by atoms with E-state index >= 15 is 0 Å². The molecule has 0 spiro atoms. The van der Waals surface area contributed by atoms with Gasteiger partial charge in [-0.05, 0) is 25.8 Å². The van der Waals surface area contributed by atoms with Gasteiger partial charge < -0.3 is 10.3 Å². The first-order valence-electron chi connectivity index (χ1n) is 5.23. The van der Waals surface area contributed by atoms with Gasteiger partial charge in [0.1, 0.15) is 0 Å². The quantitative estimate of drug-likeness (QED) is 0.761. The highest BCUT2D eigenvalue weighted by molar-refractivity contribution is 5.20. The van der Waals surface area contributed by atoms with Crippen molar-refractivity contribution in [2.24, 2.45) is 5.73 Å². The lowest BCUT2D eigenvalue weighted by Gasteiger charge is -2.06. The Morgan fingerprint density at radius 1 is 1.43 bits per heavy atom. The van der Waals surface area contributed by atoms with Crippen molar-refractivity contribution >= 4 is 0 Å². The van der Waals surface area contributed by atoms with Crippen LogP contribution in [0, 0.1) is 0 Å². The van der Waals surface area contributed by atoms with Gasteiger partial charge in [-0.1, -0.05) is 12.8 Å². The zero-order valence-corrected chi connectivity index (χ0v) is 8.21. The Labute approximate surface area is 82.4 Å². The van der Waals surface area contributed by atoms with E-state index in [2.05, 4.69) is 5.16 Å². The molecule has 0 atom stereocenters. The van der Waals surface area contributed by atoms with E-state index in [0.717, 1.165) is 24.1 Å². The van der Waals surface area contributed by atoms with Crippen LogP contribution in [0.4, 0.5) is 0 Å². The molecule has 2 rings (SSSR count). The number of nitrogens with two attached hydrogens (primary N) is 1. The maximum absolute atomic E-state index is 11.3. The third kappa shape index (κ3) is 1.62. The fraction of sp³-hybridized carbons (Fsp3) is 0.700. The predicted molar refractivity (Wildman–Crippen MR) is 53.3 cm³/mol. The third-order valence-electron chi connectivity index (χ3n) is 2.98. The molecule has 0 radical (unpaired) electrons. The Morgan fingerprint density at radius 3 is 2.79 bits per heavy atom. The second kappa shape index (κ2) is 4.00. The fourth-order valence-electron chi connectivity index (χ4n) is 2.26. The van der Waals surface area contributed by atoms with E-state index < -0.39 is 0 Å². The molecule has 0 saturated heterocycles.